The molecule has 0 radical (unpaired) electrons. The van der Waals surface area contributed by atoms with Gasteiger partial charge < -0.3 is 4.90 Å². The fourth-order valence-electron chi connectivity index (χ4n) is 2.62. The minimum atomic E-state index is 0.681. The summed E-state index contributed by atoms with van der Waals surface area (Å²) in [4.78, 5) is 20.1. The number of thiazole rings is 1. The Bertz CT molecular complexity index is 944. The van der Waals surface area contributed by atoms with E-state index in [1.807, 2.05) is 38.1 Å². The van der Waals surface area contributed by atoms with Crippen molar-refractivity contribution in [2.24, 2.45) is 4.99 Å². The van der Waals surface area contributed by atoms with E-state index >= 15 is 0 Å². The van der Waals surface area contributed by atoms with Gasteiger partial charge in [0.15, 0.2) is 5.82 Å². The highest BCUT2D eigenvalue weighted by atomic mass is 32.1. The second kappa shape index (κ2) is 8.39. The zero-order valence-corrected chi connectivity index (χ0v) is 17.3. The lowest BCUT2D eigenvalue weighted by atomic mass is 10.0. The van der Waals surface area contributed by atoms with Gasteiger partial charge in [0.25, 0.3) is 0 Å². The van der Waals surface area contributed by atoms with Gasteiger partial charge in [-0.15, -0.1) is 11.3 Å². The molecule has 0 unspecified atom stereocenters. The predicted molar refractivity (Wildman–Crippen MR) is 113 cm³/mol. The van der Waals surface area contributed by atoms with Gasteiger partial charge in [-0.25, -0.2) is 19.9 Å². The smallest absolute Gasteiger partial charge is 0.178 e. The molecule has 0 saturated heterocycles. The monoisotopic (exact) mass is 379 g/mol. The summed E-state index contributed by atoms with van der Waals surface area (Å²) in [5, 5.41) is 3.10. The summed E-state index contributed by atoms with van der Waals surface area (Å²) in [6, 6.07) is 4.37. The third-order valence-electron chi connectivity index (χ3n) is 4.45. The number of aromatic nitrogens is 3. The molecule has 0 N–H and O–H groups in total. The van der Waals surface area contributed by atoms with Crippen LogP contribution in [0.3, 0.4) is 0 Å². The van der Waals surface area contributed by atoms with Crippen LogP contribution >= 0.6 is 11.3 Å². The van der Waals surface area contributed by atoms with E-state index in [9.17, 15) is 0 Å². The van der Waals surface area contributed by atoms with Crippen LogP contribution in [0.1, 0.15) is 34.2 Å². The zero-order chi connectivity index (χ0) is 19.4. The number of aliphatic imine (C=N–C) groups is 1. The summed E-state index contributed by atoms with van der Waals surface area (Å²) in [6.45, 7) is 9.27. The van der Waals surface area contributed by atoms with Crippen LogP contribution in [0, 0.1) is 20.8 Å². The van der Waals surface area contributed by atoms with Gasteiger partial charge in [-0.3, -0.25) is 0 Å². The molecule has 0 amide bonds. The summed E-state index contributed by atoms with van der Waals surface area (Å²) in [5.41, 5.74) is 6.59. The molecule has 0 spiro atoms. The quantitative estimate of drug-likeness (QED) is 0.459. The third kappa shape index (κ3) is 4.77. The number of hydrogen-bond donors (Lipinski definition) is 0. The molecule has 0 bridgehead atoms. The molecular weight excluding hydrogens is 354 g/mol. The van der Waals surface area contributed by atoms with E-state index < -0.39 is 0 Å². The van der Waals surface area contributed by atoms with Crippen LogP contribution < -0.4 is 0 Å². The SMILES string of the molecule is CCN(C)C=Nc1cc(C)c(Cc2nc(-c3ncc(C)cn3)cs2)cc1C. The minimum Gasteiger partial charge on any atom is -0.366 e. The van der Waals surface area contributed by atoms with Crippen LogP contribution in [0.15, 0.2) is 34.9 Å². The number of hydrogen-bond acceptors (Lipinski definition) is 5. The maximum absolute atomic E-state index is 4.73. The van der Waals surface area contributed by atoms with Gasteiger partial charge in [-0.2, -0.15) is 0 Å². The molecule has 0 atom stereocenters. The second-order valence-corrected chi connectivity index (χ2v) is 7.71. The Balaban J connectivity index is 1.79. The van der Waals surface area contributed by atoms with E-state index in [1.165, 1.54) is 16.7 Å². The standard InChI is InChI=1S/C21H25N5S/c1-6-26(5)13-24-18-8-15(3)17(7-16(18)4)9-20-25-19(12-27-20)21-22-10-14(2)11-23-21/h7-8,10-13H,6,9H2,1-5H3. The lowest BCUT2D eigenvalue weighted by molar-refractivity contribution is 0.552. The van der Waals surface area contributed by atoms with Gasteiger partial charge in [-0.05, 0) is 56.0 Å². The lowest BCUT2D eigenvalue weighted by Crippen LogP contribution is -2.14. The molecule has 27 heavy (non-hydrogen) atoms. The molecular formula is C21H25N5S. The number of nitrogens with zero attached hydrogens (tertiary/aromatic N) is 5. The summed E-state index contributed by atoms with van der Waals surface area (Å²) in [7, 11) is 2.03. The number of benzene rings is 1. The average Bonchev–Trinajstić information content (AvgIpc) is 3.12. The Morgan fingerprint density at radius 2 is 1.85 bits per heavy atom. The van der Waals surface area contributed by atoms with E-state index in [0.29, 0.717) is 5.82 Å². The lowest BCUT2D eigenvalue weighted by Gasteiger charge is -2.11. The first kappa shape index (κ1) is 19.2. The van der Waals surface area contributed by atoms with E-state index in [2.05, 4.69) is 52.8 Å². The van der Waals surface area contributed by atoms with Crippen molar-refractivity contribution in [3.63, 3.8) is 0 Å². The van der Waals surface area contributed by atoms with Gasteiger partial charge in [0.1, 0.15) is 5.69 Å². The molecule has 0 aliphatic carbocycles. The van der Waals surface area contributed by atoms with Crippen molar-refractivity contribution in [1.29, 1.82) is 0 Å². The number of rotatable bonds is 6. The maximum Gasteiger partial charge on any atom is 0.178 e. The number of aryl methyl sites for hydroxylation is 3. The molecule has 0 aliphatic rings. The van der Waals surface area contributed by atoms with Gasteiger partial charge >= 0.3 is 0 Å². The van der Waals surface area contributed by atoms with Crippen molar-refractivity contribution >= 4 is 23.4 Å². The molecule has 1 aromatic carbocycles. The molecule has 0 saturated carbocycles. The molecule has 140 valence electrons. The van der Waals surface area contributed by atoms with Crippen molar-refractivity contribution in [2.75, 3.05) is 13.6 Å². The van der Waals surface area contributed by atoms with Crippen LogP contribution in [0.5, 0.6) is 0 Å². The Morgan fingerprint density at radius 3 is 2.56 bits per heavy atom. The first-order valence-corrected chi connectivity index (χ1v) is 9.92. The maximum atomic E-state index is 4.73. The summed E-state index contributed by atoms with van der Waals surface area (Å²) < 4.78 is 0. The molecule has 5 nitrogen and oxygen atoms in total. The fourth-order valence-corrected chi connectivity index (χ4v) is 3.41. The highest BCUT2D eigenvalue weighted by Crippen LogP contribution is 2.27. The Morgan fingerprint density at radius 1 is 1.11 bits per heavy atom. The molecule has 2 heterocycles. The zero-order valence-electron chi connectivity index (χ0n) is 16.5. The van der Waals surface area contributed by atoms with Crippen molar-refractivity contribution in [3.05, 3.63) is 57.2 Å². The minimum absolute atomic E-state index is 0.681. The van der Waals surface area contributed by atoms with Crippen LogP contribution in [-0.2, 0) is 6.42 Å². The van der Waals surface area contributed by atoms with Crippen LogP contribution in [0.2, 0.25) is 0 Å². The molecule has 2 aromatic heterocycles. The van der Waals surface area contributed by atoms with Gasteiger partial charge in [0.2, 0.25) is 0 Å². The van der Waals surface area contributed by atoms with E-state index in [1.54, 1.807) is 11.3 Å². The fraction of sp³-hybridized carbons (Fsp3) is 0.333. The van der Waals surface area contributed by atoms with Crippen molar-refractivity contribution < 1.29 is 0 Å². The Hall–Kier alpha value is -2.60. The largest absolute Gasteiger partial charge is 0.366 e. The highest BCUT2D eigenvalue weighted by molar-refractivity contribution is 7.10. The first-order chi connectivity index (χ1) is 13.0. The first-order valence-electron chi connectivity index (χ1n) is 9.04. The second-order valence-electron chi connectivity index (χ2n) is 6.77. The van der Waals surface area contributed by atoms with Gasteiger partial charge in [-0.1, -0.05) is 6.07 Å². The van der Waals surface area contributed by atoms with Crippen LogP contribution in [-0.4, -0.2) is 39.8 Å². The molecule has 0 aliphatic heterocycles. The van der Waals surface area contributed by atoms with Crippen molar-refractivity contribution in [3.8, 4) is 11.5 Å². The molecule has 3 aromatic rings. The predicted octanol–water partition coefficient (Wildman–Crippen LogP) is 4.73. The highest BCUT2D eigenvalue weighted by Gasteiger charge is 2.10. The topological polar surface area (TPSA) is 54.3 Å². The molecule has 0 fully saturated rings. The van der Waals surface area contributed by atoms with E-state index in [4.69, 9.17) is 4.98 Å². The Labute approximate surface area is 164 Å². The van der Waals surface area contributed by atoms with E-state index in [-0.39, 0.29) is 0 Å². The molecule has 6 heteroatoms. The summed E-state index contributed by atoms with van der Waals surface area (Å²) in [5.74, 6) is 0.681. The summed E-state index contributed by atoms with van der Waals surface area (Å²) in [6.07, 6.45) is 6.34. The Kier molecular flexibility index (Phi) is 5.96. The van der Waals surface area contributed by atoms with Gasteiger partial charge in [0.05, 0.1) is 17.0 Å². The summed E-state index contributed by atoms with van der Waals surface area (Å²) >= 11 is 1.65. The molecule has 3 rings (SSSR count). The third-order valence-corrected chi connectivity index (χ3v) is 5.30. The van der Waals surface area contributed by atoms with Crippen molar-refractivity contribution in [1.82, 2.24) is 19.9 Å². The van der Waals surface area contributed by atoms with Crippen LogP contribution in [0.25, 0.3) is 11.5 Å². The average molecular weight is 380 g/mol. The van der Waals surface area contributed by atoms with Crippen molar-refractivity contribution in [2.45, 2.75) is 34.1 Å². The van der Waals surface area contributed by atoms with Gasteiger partial charge in [0, 0.05) is 37.8 Å². The van der Waals surface area contributed by atoms with Crippen LogP contribution in [0.4, 0.5) is 5.69 Å². The normalized spacial score (nSPS) is 11.3. The van der Waals surface area contributed by atoms with E-state index in [0.717, 1.165) is 34.9 Å².